The van der Waals surface area contributed by atoms with Crippen molar-refractivity contribution in [3.8, 4) is 23.7 Å². The molecule has 0 unspecified atom stereocenters. The maximum Gasteiger partial charge on any atom is 0.115 e. The van der Waals surface area contributed by atoms with E-state index in [-0.39, 0.29) is 6.42 Å². The minimum Gasteiger partial charge on any atom is -0.390 e. The summed E-state index contributed by atoms with van der Waals surface area (Å²) in [6.45, 7) is 1.85. The normalized spacial score (nSPS) is 20.0. The molecule has 1 rings (SSSR count). The van der Waals surface area contributed by atoms with Crippen LogP contribution in [-0.2, 0) is 0 Å². The Morgan fingerprint density at radius 2 is 1.70 bits per heavy atom. The van der Waals surface area contributed by atoms with Crippen LogP contribution in [0.15, 0.2) is 0 Å². The van der Waals surface area contributed by atoms with Crippen LogP contribution in [0.25, 0.3) is 0 Å². The molecule has 0 bridgehead atoms. The third-order valence-corrected chi connectivity index (χ3v) is 3.83. The summed E-state index contributed by atoms with van der Waals surface area (Å²) in [6.07, 6.45) is 5.44. The summed E-state index contributed by atoms with van der Waals surface area (Å²) in [4.78, 5) is 0. The average molecular weight is 278 g/mol. The van der Waals surface area contributed by atoms with Crippen molar-refractivity contribution in [1.82, 2.24) is 0 Å². The van der Waals surface area contributed by atoms with Crippen molar-refractivity contribution in [3.05, 3.63) is 0 Å². The molecule has 0 aromatic heterocycles. The largest absolute Gasteiger partial charge is 0.390 e. The van der Waals surface area contributed by atoms with Gasteiger partial charge >= 0.3 is 0 Å². The second-order valence-electron chi connectivity index (χ2n) is 5.57. The monoisotopic (exact) mass is 278 g/mol. The predicted molar refractivity (Wildman–Crippen MR) is 79.7 cm³/mol. The van der Waals surface area contributed by atoms with Crippen molar-refractivity contribution < 1.29 is 15.3 Å². The molecule has 3 nitrogen and oxygen atoms in total. The lowest BCUT2D eigenvalue weighted by atomic mass is 9.84. The van der Waals surface area contributed by atoms with Gasteiger partial charge in [0, 0.05) is 6.42 Å². The topological polar surface area (TPSA) is 60.7 Å². The molecule has 0 amide bonds. The fraction of sp³-hybridized carbons (Fsp3) is 0.765. The molecule has 0 spiro atoms. The Morgan fingerprint density at radius 1 is 1.00 bits per heavy atom. The lowest BCUT2D eigenvalue weighted by Crippen LogP contribution is -2.28. The van der Waals surface area contributed by atoms with Crippen LogP contribution in [0.1, 0.15) is 58.3 Å². The molecule has 0 saturated heterocycles. The predicted octanol–water partition coefficient (Wildman–Crippen LogP) is 1.85. The van der Waals surface area contributed by atoms with E-state index in [9.17, 15) is 15.3 Å². The molecular formula is C17H26O3. The fourth-order valence-electron chi connectivity index (χ4n) is 2.48. The van der Waals surface area contributed by atoms with Crippen LogP contribution in [0.3, 0.4) is 0 Å². The molecule has 0 aromatic carbocycles. The van der Waals surface area contributed by atoms with Gasteiger partial charge < -0.3 is 15.3 Å². The Bertz CT molecular complexity index is 377. The number of hydrogen-bond acceptors (Lipinski definition) is 3. The summed E-state index contributed by atoms with van der Waals surface area (Å²) in [6, 6.07) is 0. The molecule has 3 atom stereocenters. The minimum absolute atomic E-state index is 0.227. The van der Waals surface area contributed by atoms with Crippen molar-refractivity contribution >= 4 is 0 Å². The van der Waals surface area contributed by atoms with Crippen LogP contribution in [0, 0.1) is 29.6 Å². The minimum atomic E-state index is -0.803. The zero-order valence-corrected chi connectivity index (χ0v) is 12.3. The fourth-order valence-corrected chi connectivity index (χ4v) is 2.48. The van der Waals surface area contributed by atoms with E-state index in [1.165, 1.54) is 19.3 Å². The summed E-state index contributed by atoms with van der Waals surface area (Å²) in [5.74, 6) is 11.0. The maximum absolute atomic E-state index is 9.96. The Balaban J connectivity index is 2.28. The van der Waals surface area contributed by atoms with Crippen molar-refractivity contribution in [2.24, 2.45) is 5.92 Å². The molecule has 3 N–H and O–H groups in total. The average Bonchev–Trinajstić information content (AvgIpc) is 2.47. The second-order valence-corrected chi connectivity index (χ2v) is 5.57. The summed E-state index contributed by atoms with van der Waals surface area (Å²) in [7, 11) is 0. The third-order valence-electron chi connectivity index (χ3n) is 3.83. The first-order chi connectivity index (χ1) is 9.63. The maximum atomic E-state index is 9.96. The van der Waals surface area contributed by atoms with E-state index in [0.29, 0.717) is 18.8 Å². The highest BCUT2D eigenvalue weighted by Gasteiger charge is 2.21. The zero-order valence-electron chi connectivity index (χ0n) is 12.3. The number of aliphatic hydroxyl groups is 3. The smallest absolute Gasteiger partial charge is 0.115 e. The van der Waals surface area contributed by atoms with Gasteiger partial charge in [0.1, 0.15) is 6.10 Å². The summed E-state index contributed by atoms with van der Waals surface area (Å²) in [5.41, 5.74) is 0. The highest BCUT2D eigenvalue weighted by Crippen LogP contribution is 2.28. The van der Waals surface area contributed by atoms with Gasteiger partial charge in [-0.15, -0.1) is 0 Å². The Kier molecular flexibility index (Phi) is 8.38. The van der Waals surface area contributed by atoms with Crippen molar-refractivity contribution in [3.63, 3.8) is 0 Å². The molecule has 20 heavy (non-hydrogen) atoms. The van der Waals surface area contributed by atoms with E-state index in [2.05, 4.69) is 23.7 Å². The molecule has 0 aromatic rings. The molecule has 3 heteroatoms. The number of rotatable bonds is 5. The van der Waals surface area contributed by atoms with Crippen LogP contribution in [0.5, 0.6) is 0 Å². The summed E-state index contributed by atoms with van der Waals surface area (Å²) >= 11 is 0. The van der Waals surface area contributed by atoms with Crippen molar-refractivity contribution in [2.75, 3.05) is 0 Å². The molecule has 1 aliphatic carbocycles. The van der Waals surface area contributed by atoms with Crippen LogP contribution >= 0.6 is 0 Å². The van der Waals surface area contributed by atoms with Crippen molar-refractivity contribution in [2.45, 2.75) is 76.6 Å². The van der Waals surface area contributed by atoms with Crippen LogP contribution in [0.2, 0.25) is 0 Å². The molecule has 1 aliphatic rings. The van der Waals surface area contributed by atoms with Crippen LogP contribution in [0.4, 0.5) is 0 Å². The first-order valence-electron chi connectivity index (χ1n) is 7.66. The molecule has 0 aliphatic heterocycles. The molecular weight excluding hydrogens is 252 g/mol. The van der Waals surface area contributed by atoms with Gasteiger partial charge in [-0.05, 0) is 30.6 Å². The molecule has 0 radical (unpaired) electrons. The first kappa shape index (κ1) is 17.1. The van der Waals surface area contributed by atoms with Gasteiger partial charge in [0.2, 0.25) is 0 Å². The Morgan fingerprint density at radius 3 is 2.35 bits per heavy atom. The highest BCUT2D eigenvalue weighted by atomic mass is 16.3. The van der Waals surface area contributed by atoms with Crippen LogP contribution < -0.4 is 0 Å². The second kappa shape index (κ2) is 9.83. The van der Waals surface area contributed by atoms with Gasteiger partial charge in [-0.25, -0.2) is 0 Å². The van der Waals surface area contributed by atoms with Crippen molar-refractivity contribution in [1.29, 1.82) is 0 Å². The summed E-state index contributed by atoms with van der Waals surface area (Å²) in [5, 5.41) is 29.0. The third kappa shape index (κ3) is 6.96. The molecule has 1 saturated carbocycles. The van der Waals surface area contributed by atoms with Crippen LogP contribution in [-0.4, -0.2) is 33.6 Å². The van der Waals surface area contributed by atoms with E-state index in [1.54, 1.807) is 0 Å². The van der Waals surface area contributed by atoms with E-state index < -0.39 is 18.3 Å². The lowest BCUT2D eigenvalue weighted by Gasteiger charge is -2.25. The molecule has 112 valence electrons. The van der Waals surface area contributed by atoms with Gasteiger partial charge in [0.25, 0.3) is 0 Å². The molecule has 0 heterocycles. The van der Waals surface area contributed by atoms with E-state index in [0.717, 1.165) is 12.8 Å². The van der Waals surface area contributed by atoms with Gasteiger partial charge in [0.05, 0.1) is 12.2 Å². The SMILES string of the molecule is CC[C@H](O)C#CC#CC[C@@H](O)[C@H](O)CC1CCCCC1. The van der Waals surface area contributed by atoms with Gasteiger partial charge in [0.15, 0.2) is 0 Å². The molecule has 1 fully saturated rings. The first-order valence-corrected chi connectivity index (χ1v) is 7.66. The van der Waals surface area contributed by atoms with E-state index in [1.807, 2.05) is 6.92 Å². The number of hydrogen-bond donors (Lipinski definition) is 3. The highest BCUT2D eigenvalue weighted by molar-refractivity contribution is 5.27. The Hall–Kier alpha value is -1.00. The van der Waals surface area contributed by atoms with Gasteiger partial charge in [-0.2, -0.15) is 0 Å². The zero-order chi connectivity index (χ0) is 14.8. The van der Waals surface area contributed by atoms with Gasteiger partial charge in [-0.3, -0.25) is 0 Å². The van der Waals surface area contributed by atoms with E-state index >= 15 is 0 Å². The number of aliphatic hydroxyl groups excluding tert-OH is 3. The standard InChI is InChI=1S/C17H26O3/c1-2-15(18)11-7-4-8-12-16(19)17(20)13-14-9-5-3-6-10-14/h14-20H,2-3,5-6,9-10,12-13H2,1H3/t15-,16+,17+/m0/s1. The quantitative estimate of drug-likeness (QED) is 0.673. The Labute approximate surface area is 122 Å². The lowest BCUT2D eigenvalue weighted by molar-refractivity contribution is 0.00479. The summed E-state index contributed by atoms with van der Waals surface area (Å²) < 4.78 is 0. The van der Waals surface area contributed by atoms with Gasteiger partial charge in [-0.1, -0.05) is 50.9 Å². The van der Waals surface area contributed by atoms with E-state index in [4.69, 9.17) is 0 Å².